The van der Waals surface area contributed by atoms with E-state index in [0.29, 0.717) is 11.6 Å². The molecule has 1 aromatic rings. The molecule has 96 valence electrons. The first-order valence-electron chi connectivity index (χ1n) is 5.85. The average molecular weight is 246 g/mol. The summed E-state index contributed by atoms with van der Waals surface area (Å²) >= 11 is 0. The normalized spacial score (nSPS) is 12.9. The van der Waals surface area contributed by atoms with Crippen molar-refractivity contribution in [3.05, 3.63) is 41.3 Å². The zero-order valence-corrected chi connectivity index (χ0v) is 11.1. The summed E-state index contributed by atoms with van der Waals surface area (Å²) in [6, 6.07) is 7.61. The minimum atomic E-state index is -0.305. The van der Waals surface area contributed by atoms with Crippen molar-refractivity contribution in [1.82, 2.24) is 0 Å². The van der Waals surface area contributed by atoms with Crippen LogP contribution in [-0.2, 0) is 4.79 Å². The van der Waals surface area contributed by atoms with Gasteiger partial charge in [-0.2, -0.15) is 5.11 Å². The SMILES string of the molecule is CC(=O)/C(N=Nc1ccccc1C(C)C)=C(/C)O. The van der Waals surface area contributed by atoms with Gasteiger partial charge in [0.1, 0.15) is 5.76 Å². The average Bonchev–Trinajstić information content (AvgIpc) is 2.28. The Balaban J connectivity index is 3.12. The molecule has 1 N–H and O–H groups in total. The maximum atomic E-state index is 11.3. The molecule has 0 heterocycles. The molecule has 0 saturated heterocycles. The monoisotopic (exact) mass is 246 g/mol. The first-order valence-corrected chi connectivity index (χ1v) is 5.85. The van der Waals surface area contributed by atoms with Gasteiger partial charge in [0.15, 0.2) is 11.5 Å². The molecule has 0 aliphatic carbocycles. The summed E-state index contributed by atoms with van der Waals surface area (Å²) in [6.45, 7) is 6.90. The quantitative estimate of drug-likeness (QED) is 0.490. The number of Topliss-reactive ketones (excluding diaryl/α,β-unsaturated/α-hetero) is 1. The van der Waals surface area contributed by atoms with Gasteiger partial charge in [0, 0.05) is 6.92 Å². The molecule has 0 atom stereocenters. The van der Waals surface area contributed by atoms with Crippen molar-refractivity contribution >= 4 is 11.5 Å². The van der Waals surface area contributed by atoms with Crippen LogP contribution < -0.4 is 0 Å². The van der Waals surface area contributed by atoms with E-state index < -0.39 is 0 Å². The Hall–Kier alpha value is -1.97. The predicted octanol–water partition coefficient (Wildman–Crippen LogP) is 4.27. The highest BCUT2D eigenvalue weighted by atomic mass is 16.3. The van der Waals surface area contributed by atoms with Gasteiger partial charge in [-0.15, -0.1) is 5.11 Å². The van der Waals surface area contributed by atoms with Crippen molar-refractivity contribution in [3.63, 3.8) is 0 Å². The molecule has 0 aromatic heterocycles. The number of aliphatic hydroxyl groups excluding tert-OH is 1. The van der Waals surface area contributed by atoms with Gasteiger partial charge in [0.25, 0.3) is 0 Å². The van der Waals surface area contributed by atoms with Crippen LogP contribution in [0.1, 0.15) is 39.2 Å². The van der Waals surface area contributed by atoms with Crippen molar-refractivity contribution in [1.29, 1.82) is 0 Å². The van der Waals surface area contributed by atoms with E-state index in [-0.39, 0.29) is 17.2 Å². The molecule has 0 aliphatic heterocycles. The van der Waals surface area contributed by atoms with Gasteiger partial charge in [-0.3, -0.25) is 4.79 Å². The van der Waals surface area contributed by atoms with Crippen LogP contribution >= 0.6 is 0 Å². The number of benzene rings is 1. The molecule has 0 amide bonds. The molecule has 0 bridgehead atoms. The Morgan fingerprint density at radius 2 is 1.83 bits per heavy atom. The summed E-state index contributed by atoms with van der Waals surface area (Å²) in [7, 11) is 0. The maximum absolute atomic E-state index is 11.3. The Labute approximate surface area is 107 Å². The van der Waals surface area contributed by atoms with Crippen LogP contribution in [0.4, 0.5) is 5.69 Å². The zero-order chi connectivity index (χ0) is 13.7. The number of carbonyl (C=O) groups excluding carboxylic acids is 1. The second-order valence-electron chi connectivity index (χ2n) is 4.40. The van der Waals surface area contributed by atoms with Crippen LogP contribution in [0.3, 0.4) is 0 Å². The van der Waals surface area contributed by atoms with Gasteiger partial charge >= 0.3 is 0 Å². The fourth-order valence-electron chi connectivity index (χ4n) is 1.57. The van der Waals surface area contributed by atoms with Gasteiger partial charge in [0.2, 0.25) is 0 Å². The molecule has 1 aromatic carbocycles. The number of hydrogen-bond acceptors (Lipinski definition) is 4. The third-order valence-electron chi connectivity index (χ3n) is 2.49. The van der Waals surface area contributed by atoms with Crippen molar-refractivity contribution in [3.8, 4) is 0 Å². The van der Waals surface area contributed by atoms with E-state index in [1.54, 1.807) is 0 Å². The van der Waals surface area contributed by atoms with Crippen LogP contribution in [0.5, 0.6) is 0 Å². The van der Waals surface area contributed by atoms with Crippen LogP contribution in [0, 0.1) is 0 Å². The molecule has 0 radical (unpaired) electrons. The largest absolute Gasteiger partial charge is 0.510 e. The van der Waals surface area contributed by atoms with Gasteiger partial charge < -0.3 is 5.11 Å². The number of aliphatic hydroxyl groups is 1. The number of rotatable bonds is 4. The van der Waals surface area contributed by atoms with Gasteiger partial charge in [-0.05, 0) is 24.5 Å². The van der Waals surface area contributed by atoms with Gasteiger partial charge in [-0.25, -0.2) is 0 Å². The van der Waals surface area contributed by atoms with E-state index in [9.17, 15) is 9.90 Å². The molecular weight excluding hydrogens is 228 g/mol. The third-order valence-corrected chi connectivity index (χ3v) is 2.49. The van der Waals surface area contributed by atoms with Crippen molar-refractivity contribution < 1.29 is 9.90 Å². The molecule has 4 heteroatoms. The summed E-state index contributed by atoms with van der Waals surface area (Å²) < 4.78 is 0. The molecule has 18 heavy (non-hydrogen) atoms. The first kappa shape index (κ1) is 14.1. The second kappa shape index (κ2) is 6.10. The Morgan fingerprint density at radius 3 is 2.33 bits per heavy atom. The Morgan fingerprint density at radius 1 is 1.22 bits per heavy atom. The van der Waals surface area contributed by atoms with Gasteiger partial charge in [0.05, 0.1) is 5.69 Å². The van der Waals surface area contributed by atoms with Crippen molar-refractivity contribution in [2.45, 2.75) is 33.6 Å². The summed E-state index contributed by atoms with van der Waals surface area (Å²) in [5.74, 6) is -0.103. The fourth-order valence-corrected chi connectivity index (χ4v) is 1.57. The lowest BCUT2D eigenvalue weighted by molar-refractivity contribution is -0.113. The van der Waals surface area contributed by atoms with E-state index in [0.717, 1.165) is 5.56 Å². The van der Waals surface area contributed by atoms with E-state index in [1.165, 1.54) is 13.8 Å². The highest BCUT2D eigenvalue weighted by Crippen LogP contribution is 2.27. The lowest BCUT2D eigenvalue weighted by Crippen LogP contribution is -1.96. The Bertz CT molecular complexity index is 498. The number of carbonyl (C=O) groups is 1. The van der Waals surface area contributed by atoms with Crippen LogP contribution in [0.15, 0.2) is 46.0 Å². The standard InChI is InChI=1S/C14H18N2O2/c1-9(2)12-7-5-6-8-13(12)15-16-14(10(3)17)11(4)18/h5-9,17H,1-4H3/b14-10+,16-15?. The highest BCUT2D eigenvalue weighted by molar-refractivity contribution is 5.93. The first-order chi connectivity index (χ1) is 8.43. The minimum Gasteiger partial charge on any atom is -0.510 e. The van der Waals surface area contributed by atoms with E-state index in [4.69, 9.17) is 0 Å². The number of allylic oxidation sites excluding steroid dienone is 2. The fraction of sp³-hybridized carbons (Fsp3) is 0.357. The topological polar surface area (TPSA) is 62.0 Å². The molecule has 0 saturated carbocycles. The summed E-state index contributed by atoms with van der Waals surface area (Å²) in [4.78, 5) is 11.3. The molecule has 4 nitrogen and oxygen atoms in total. The molecule has 0 spiro atoms. The van der Waals surface area contributed by atoms with E-state index in [1.807, 2.05) is 24.3 Å². The lowest BCUT2D eigenvalue weighted by atomic mass is 10.0. The van der Waals surface area contributed by atoms with Crippen molar-refractivity contribution in [2.24, 2.45) is 10.2 Å². The molecule has 1 rings (SSSR count). The van der Waals surface area contributed by atoms with E-state index in [2.05, 4.69) is 24.1 Å². The summed E-state index contributed by atoms with van der Waals surface area (Å²) in [5, 5.41) is 17.2. The number of hydrogen-bond donors (Lipinski definition) is 1. The van der Waals surface area contributed by atoms with Gasteiger partial charge in [-0.1, -0.05) is 32.0 Å². The van der Waals surface area contributed by atoms with Crippen LogP contribution in [0.2, 0.25) is 0 Å². The van der Waals surface area contributed by atoms with Crippen molar-refractivity contribution in [2.75, 3.05) is 0 Å². The van der Waals surface area contributed by atoms with Crippen LogP contribution in [0.25, 0.3) is 0 Å². The molecule has 0 aliphatic rings. The Kier molecular flexibility index (Phi) is 4.77. The second-order valence-corrected chi connectivity index (χ2v) is 4.40. The number of ketones is 1. The lowest BCUT2D eigenvalue weighted by Gasteiger charge is -2.07. The maximum Gasteiger partial charge on any atom is 0.183 e. The molecular formula is C14H18N2O2. The third kappa shape index (κ3) is 3.52. The highest BCUT2D eigenvalue weighted by Gasteiger charge is 2.08. The number of azo groups is 1. The smallest absolute Gasteiger partial charge is 0.183 e. The van der Waals surface area contributed by atoms with Crippen LogP contribution in [-0.4, -0.2) is 10.9 Å². The molecule has 0 unspecified atom stereocenters. The summed E-state index contributed by atoms with van der Waals surface area (Å²) in [5.41, 5.74) is 1.76. The number of nitrogens with zero attached hydrogens (tertiary/aromatic N) is 2. The van der Waals surface area contributed by atoms with E-state index >= 15 is 0 Å². The zero-order valence-electron chi connectivity index (χ0n) is 11.1. The minimum absolute atomic E-state index is 0.00596. The molecule has 0 fully saturated rings. The summed E-state index contributed by atoms with van der Waals surface area (Å²) in [6.07, 6.45) is 0. The predicted molar refractivity (Wildman–Crippen MR) is 71.1 cm³/mol.